The largest absolute Gasteiger partial charge is 0.416 e. The summed E-state index contributed by atoms with van der Waals surface area (Å²) in [6, 6.07) is 9.35. The number of carbonyl (C=O) groups is 1. The minimum absolute atomic E-state index is 0.192. The minimum atomic E-state index is -4.47. The molecule has 0 saturated heterocycles. The van der Waals surface area contributed by atoms with E-state index in [0.29, 0.717) is 16.9 Å². The fourth-order valence-corrected chi connectivity index (χ4v) is 2.84. The molecule has 2 aromatic rings. The lowest BCUT2D eigenvalue weighted by molar-refractivity contribution is -0.137. The number of allylic oxidation sites excluding steroid dienone is 1. The van der Waals surface area contributed by atoms with E-state index in [9.17, 15) is 18.0 Å². The second kappa shape index (κ2) is 8.60. The molecule has 0 bridgehead atoms. The molecule has 9 heteroatoms. The molecule has 0 aliphatic carbocycles. The number of hydrogen-bond acceptors (Lipinski definition) is 4. The average Bonchev–Trinajstić information content (AvgIpc) is 2.62. The van der Waals surface area contributed by atoms with Gasteiger partial charge in [-0.3, -0.25) is 14.9 Å². The maximum absolute atomic E-state index is 12.9. The van der Waals surface area contributed by atoms with E-state index in [1.807, 2.05) is 0 Å². The third-order valence-corrected chi connectivity index (χ3v) is 4.68. The first-order valence-electron chi connectivity index (χ1n) is 7.50. The van der Waals surface area contributed by atoms with Crippen LogP contribution in [0.25, 0.3) is 11.1 Å². The van der Waals surface area contributed by atoms with Gasteiger partial charge in [-0.1, -0.05) is 23.7 Å². The van der Waals surface area contributed by atoms with Gasteiger partial charge in [0.05, 0.1) is 11.3 Å². The summed E-state index contributed by atoms with van der Waals surface area (Å²) >= 11 is 6.79. The van der Waals surface area contributed by atoms with Gasteiger partial charge in [-0.2, -0.15) is 13.2 Å². The molecule has 0 spiro atoms. The van der Waals surface area contributed by atoms with Crippen molar-refractivity contribution in [3.05, 3.63) is 63.7 Å². The van der Waals surface area contributed by atoms with Crippen LogP contribution in [0.3, 0.4) is 0 Å². The highest BCUT2D eigenvalue weighted by molar-refractivity contribution is 8.01. The molecule has 2 rings (SSSR count). The topological polar surface area (TPSA) is 67.5 Å². The molecule has 0 unspecified atom stereocenters. The van der Waals surface area contributed by atoms with Gasteiger partial charge in [-0.05, 0) is 61.5 Å². The molecule has 3 N–H and O–H groups in total. The van der Waals surface area contributed by atoms with Gasteiger partial charge in [0.2, 0.25) is 0 Å². The van der Waals surface area contributed by atoms with Gasteiger partial charge in [-0.25, -0.2) is 0 Å². The normalized spacial score (nSPS) is 12.4. The SMILES string of the molecule is C=N/C(C)=C(\SN)C(=O)Nc1ccc(-c2cc(C(F)(F)F)ccc2Cl)cc1. The lowest BCUT2D eigenvalue weighted by Crippen LogP contribution is -2.14. The third-order valence-electron chi connectivity index (χ3n) is 3.64. The highest BCUT2D eigenvalue weighted by Gasteiger charge is 2.31. The fraction of sp³-hybridized carbons (Fsp3) is 0.111. The summed E-state index contributed by atoms with van der Waals surface area (Å²) in [6.07, 6.45) is -4.47. The minimum Gasteiger partial charge on any atom is -0.321 e. The zero-order valence-electron chi connectivity index (χ0n) is 14.1. The highest BCUT2D eigenvalue weighted by Crippen LogP contribution is 2.36. The number of nitrogens with one attached hydrogen (secondary N) is 1. The first-order valence-corrected chi connectivity index (χ1v) is 8.76. The number of aliphatic imine (C=N–C) groups is 1. The Morgan fingerprint density at radius 2 is 1.85 bits per heavy atom. The molecule has 0 aliphatic rings. The van der Waals surface area contributed by atoms with E-state index in [1.165, 1.54) is 6.07 Å². The number of carbonyl (C=O) groups excluding carboxylic acids is 1. The quantitative estimate of drug-likeness (QED) is 0.386. The molecular weight excluding hydrogens is 399 g/mol. The van der Waals surface area contributed by atoms with Gasteiger partial charge in [0.15, 0.2) is 0 Å². The number of nitrogens with zero attached hydrogens (tertiary/aromatic N) is 1. The molecule has 0 heterocycles. The number of benzene rings is 2. The summed E-state index contributed by atoms with van der Waals surface area (Å²) in [5, 5.41) is 8.30. The number of halogens is 4. The molecule has 4 nitrogen and oxygen atoms in total. The summed E-state index contributed by atoms with van der Waals surface area (Å²) in [6.45, 7) is 4.95. The molecule has 0 aromatic heterocycles. The second-order valence-electron chi connectivity index (χ2n) is 5.41. The van der Waals surface area contributed by atoms with Crippen LogP contribution in [0.2, 0.25) is 5.02 Å². The maximum Gasteiger partial charge on any atom is 0.416 e. The van der Waals surface area contributed by atoms with Crippen LogP contribution in [0.5, 0.6) is 0 Å². The van der Waals surface area contributed by atoms with E-state index in [1.54, 1.807) is 31.2 Å². The zero-order valence-corrected chi connectivity index (χ0v) is 15.7. The van der Waals surface area contributed by atoms with Crippen LogP contribution in [0.15, 0.2) is 58.1 Å². The van der Waals surface area contributed by atoms with Gasteiger partial charge in [-0.15, -0.1) is 0 Å². The summed E-state index contributed by atoms with van der Waals surface area (Å²) in [5.41, 5.74) is 0.759. The van der Waals surface area contributed by atoms with Crippen LogP contribution in [0.4, 0.5) is 18.9 Å². The van der Waals surface area contributed by atoms with Gasteiger partial charge in [0.25, 0.3) is 5.91 Å². The van der Waals surface area contributed by atoms with Crippen molar-refractivity contribution in [1.82, 2.24) is 0 Å². The standard InChI is InChI=1S/C18H15ClF3N3OS/c1-10(24-2)16(27-23)17(26)25-13-6-3-11(4-7-13)14-9-12(18(20,21)22)5-8-15(14)19/h3-9H,2,23H2,1H3,(H,25,26)/b16-10-. The summed E-state index contributed by atoms with van der Waals surface area (Å²) < 4.78 is 38.7. The highest BCUT2D eigenvalue weighted by atomic mass is 35.5. The molecule has 1 amide bonds. The molecule has 0 radical (unpaired) electrons. The van der Waals surface area contributed by atoms with Crippen molar-refractivity contribution in [3.63, 3.8) is 0 Å². The van der Waals surface area contributed by atoms with Gasteiger partial charge < -0.3 is 5.32 Å². The number of amides is 1. The van der Waals surface area contributed by atoms with Crippen molar-refractivity contribution in [2.75, 3.05) is 5.32 Å². The Labute approximate surface area is 163 Å². The van der Waals surface area contributed by atoms with Gasteiger partial charge >= 0.3 is 6.18 Å². The van der Waals surface area contributed by atoms with E-state index in [2.05, 4.69) is 17.0 Å². The number of rotatable bonds is 5. The Hall–Kier alpha value is -2.29. The molecule has 27 heavy (non-hydrogen) atoms. The zero-order chi connectivity index (χ0) is 20.2. The van der Waals surface area contributed by atoms with E-state index in [-0.39, 0.29) is 15.5 Å². The molecule has 0 atom stereocenters. The molecule has 0 saturated carbocycles. The first-order chi connectivity index (χ1) is 12.7. The third kappa shape index (κ3) is 5.12. The predicted octanol–water partition coefficient (Wildman–Crippen LogP) is 5.50. The molecule has 0 aliphatic heterocycles. The molecule has 142 valence electrons. The Bertz CT molecular complexity index is 896. The predicted molar refractivity (Wildman–Crippen MR) is 105 cm³/mol. The molecular formula is C18H15ClF3N3OS. The van der Waals surface area contributed by atoms with E-state index >= 15 is 0 Å². The van der Waals surface area contributed by atoms with E-state index < -0.39 is 17.6 Å². The average molecular weight is 414 g/mol. The summed E-state index contributed by atoms with van der Waals surface area (Å²) in [4.78, 5) is 16.1. The Morgan fingerprint density at radius 1 is 1.22 bits per heavy atom. The van der Waals surface area contributed by atoms with Crippen molar-refractivity contribution >= 4 is 41.9 Å². The summed E-state index contributed by atoms with van der Waals surface area (Å²) in [7, 11) is 0. The van der Waals surface area contributed by atoms with Crippen LogP contribution in [0, 0.1) is 0 Å². The van der Waals surface area contributed by atoms with Crippen molar-refractivity contribution in [2.24, 2.45) is 10.1 Å². The maximum atomic E-state index is 12.9. The summed E-state index contributed by atoms with van der Waals surface area (Å²) in [5.74, 6) is -0.461. The van der Waals surface area contributed by atoms with Crippen molar-refractivity contribution in [3.8, 4) is 11.1 Å². The number of alkyl halides is 3. The lowest BCUT2D eigenvalue weighted by atomic mass is 10.0. The number of anilines is 1. The Morgan fingerprint density at radius 3 is 2.37 bits per heavy atom. The Balaban J connectivity index is 2.28. The van der Waals surface area contributed by atoms with E-state index in [0.717, 1.165) is 24.1 Å². The smallest absolute Gasteiger partial charge is 0.321 e. The van der Waals surface area contributed by atoms with Crippen LogP contribution < -0.4 is 10.5 Å². The van der Waals surface area contributed by atoms with Crippen molar-refractivity contribution in [2.45, 2.75) is 13.1 Å². The van der Waals surface area contributed by atoms with Crippen LogP contribution >= 0.6 is 23.5 Å². The van der Waals surface area contributed by atoms with Crippen LogP contribution in [-0.4, -0.2) is 12.6 Å². The van der Waals surface area contributed by atoms with E-state index in [4.69, 9.17) is 16.7 Å². The Kier molecular flexibility index (Phi) is 6.69. The second-order valence-corrected chi connectivity index (χ2v) is 6.47. The van der Waals surface area contributed by atoms with Gasteiger partial charge in [0.1, 0.15) is 4.91 Å². The van der Waals surface area contributed by atoms with Crippen molar-refractivity contribution < 1.29 is 18.0 Å². The monoisotopic (exact) mass is 413 g/mol. The lowest BCUT2D eigenvalue weighted by Gasteiger charge is -2.12. The van der Waals surface area contributed by atoms with Crippen molar-refractivity contribution in [1.29, 1.82) is 0 Å². The number of nitrogens with two attached hydrogens (primary N) is 1. The van der Waals surface area contributed by atoms with Crippen LogP contribution in [0.1, 0.15) is 12.5 Å². The van der Waals surface area contributed by atoms with Crippen LogP contribution in [-0.2, 0) is 11.0 Å². The fourth-order valence-electron chi connectivity index (χ4n) is 2.22. The molecule has 0 fully saturated rings. The molecule has 2 aromatic carbocycles. The number of hydrogen-bond donors (Lipinski definition) is 2. The van der Waals surface area contributed by atoms with Gasteiger partial charge in [0, 0.05) is 16.3 Å². The first kappa shape index (κ1) is 21.0.